The fourth-order valence-corrected chi connectivity index (χ4v) is 3.03. The molecule has 2 rings (SSSR count). The molecule has 0 spiro atoms. The third-order valence-electron chi connectivity index (χ3n) is 4.50. The summed E-state index contributed by atoms with van der Waals surface area (Å²) in [6.07, 6.45) is 3.62. The monoisotopic (exact) mass is 363 g/mol. The lowest BCUT2D eigenvalue weighted by molar-refractivity contribution is -0.125. The van der Waals surface area contributed by atoms with Crippen LogP contribution in [0.4, 0.5) is 0 Å². The van der Waals surface area contributed by atoms with Gasteiger partial charge in [0.2, 0.25) is 5.91 Å². The number of hydrogen-bond acceptors (Lipinski definition) is 5. The van der Waals surface area contributed by atoms with Crippen molar-refractivity contribution in [3.63, 3.8) is 0 Å². The third kappa shape index (κ3) is 6.07. The summed E-state index contributed by atoms with van der Waals surface area (Å²) < 4.78 is 11.4. The molecule has 7 nitrogen and oxygen atoms in total. The number of ether oxygens (including phenoxy) is 2. The highest BCUT2D eigenvalue weighted by atomic mass is 16.5. The van der Waals surface area contributed by atoms with Gasteiger partial charge in [-0.15, -0.1) is 0 Å². The Balaban J connectivity index is 1.89. The molecule has 1 saturated heterocycles. The molecule has 0 aliphatic carbocycles. The molecule has 7 heteroatoms. The number of H-pyrrole nitrogens is 1. The molecular formula is C19H29N3O4. The van der Waals surface area contributed by atoms with Gasteiger partial charge in [0.25, 0.3) is 0 Å². The molecule has 0 unspecified atom stereocenters. The molecule has 1 aliphatic heterocycles. The molecule has 144 valence electrons. The highest BCUT2D eigenvalue weighted by Crippen LogP contribution is 2.14. The van der Waals surface area contributed by atoms with Gasteiger partial charge in [-0.1, -0.05) is 11.6 Å². The maximum absolute atomic E-state index is 12.4. The number of allylic oxidation sites excluding steroid dienone is 1. The second-order valence-corrected chi connectivity index (χ2v) is 6.92. The number of aromatic nitrogens is 2. The predicted octanol–water partition coefficient (Wildman–Crippen LogP) is 1.58. The third-order valence-corrected chi connectivity index (χ3v) is 4.50. The molecular weight excluding hydrogens is 334 g/mol. The van der Waals surface area contributed by atoms with E-state index < -0.39 is 0 Å². The van der Waals surface area contributed by atoms with Crippen LogP contribution in [0.5, 0.6) is 0 Å². The maximum atomic E-state index is 12.4. The Morgan fingerprint density at radius 1 is 1.42 bits per heavy atom. The number of carbonyl (C=O) groups is 1. The number of rotatable bonds is 7. The first kappa shape index (κ1) is 20.3. The van der Waals surface area contributed by atoms with Crippen LogP contribution in [0.3, 0.4) is 0 Å². The maximum Gasteiger partial charge on any atom is 0.345 e. The molecule has 26 heavy (non-hydrogen) atoms. The van der Waals surface area contributed by atoms with Crippen LogP contribution in [0, 0.1) is 13.8 Å². The highest BCUT2D eigenvalue weighted by Gasteiger charge is 2.27. The SMILES string of the molecule is CC(C)=CCO[C@@H]1CCOC[C@@H]1NC(=O)CCc1c(C)nc(=O)[nH]c1C. The number of carbonyl (C=O) groups excluding carboxylic acids is 1. The van der Waals surface area contributed by atoms with Crippen LogP contribution < -0.4 is 11.0 Å². The first-order valence-corrected chi connectivity index (χ1v) is 9.05. The van der Waals surface area contributed by atoms with Crippen LogP contribution in [0.2, 0.25) is 0 Å². The van der Waals surface area contributed by atoms with Crippen molar-refractivity contribution in [2.75, 3.05) is 19.8 Å². The Labute approximate surface area is 154 Å². The Hall–Kier alpha value is -1.99. The smallest absolute Gasteiger partial charge is 0.345 e. The van der Waals surface area contributed by atoms with Gasteiger partial charge in [-0.25, -0.2) is 4.79 Å². The van der Waals surface area contributed by atoms with Crippen molar-refractivity contribution in [3.05, 3.63) is 39.1 Å². The molecule has 0 aromatic carbocycles. The zero-order chi connectivity index (χ0) is 19.1. The second kappa shape index (κ2) is 9.64. The first-order valence-electron chi connectivity index (χ1n) is 9.05. The van der Waals surface area contributed by atoms with E-state index in [9.17, 15) is 9.59 Å². The van der Waals surface area contributed by atoms with E-state index in [1.807, 2.05) is 26.8 Å². The number of hydrogen-bond donors (Lipinski definition) is 2. The second-order valence-electron chi connectivity index (χ2n) is 6.92. The van der Waals surface area contributed by atoms with Crippen molar-refractivity contribution in [2.45, 2.75) is 59.1 Å². The van der Waals surface area contributed by atoms with E-state index in [2.05, 4.69) is 15.3 Å². The number of amides is 1. The van der Waals surface area contributed by atoms with Crippen LogP contribution in [0.1, 0.15) is 43.6 Å². The summed E-state index contributed by atoms with van der Waals surface area (Å²) in [5.74, 6) is -0.0543. The average Bonchev–Trinajstić information content (AvgIpc) is 2.55. The van der Waals surface area contributed by atoms with E-state index in [1.165, 1.54) is 5.57 Å². The topological polar surface area (TPSA) is 93.3 Å². The van der Waals surface area contributed by atoms with Gasteiger partial charge in [0.15, 0.2) is 0 Å². The minimum absolute atomic E-state index is 0.0403. The van der Waals surface area contributed by atoms with E-state index in [0.717, 1.165) is 17.7 Å². The van der Waals surface area contributed by atoms with Crippen LogP contribution in [-0.2, 0) is 20.7 Å². The van der Waals surface area contributed by atoms with Crippen LogP contribution in [0.25, 0.3) is 0 Å². The quantitative estimate of drug-likeness (QED) is 0.718. The average molecular weight is 363 g/mol. The summed E-state index contributed by atoms with van der Waals surface area (Å²) in [6, 6.07) is -0.141. The Morgan fingerprint density at radius 2 is 2.19 bits per heavy atom. The minimum atomic E-state index is -0.357. The Morgan fingerprint density at radius 3 is 2.88 bits per heavy atom. The van der Waals surface area contributed by atoms with Crippen LogP contribution in [-0.4, -0.2) is 47.8 Å². The lowest BCUT2D eigenvalue weighted by Gasteiger charge is -2.32. The van der Waals surface area contributed by atoms with Crippen LogP contribution in [0.15, 0.2) is 16.4 Å². The largest absolute Gasteiger partial charge is 0.379 e. The van der Waals surface area contributed by atoms with Crippen molar-refractivity contribution >= 4 is 5.91 Å². The van der Waals surface area contributed by atoms with Crippen molar-refractivity contribution in [2.24, 2.45) is 0 Å². The molecule has 0 radical (unpaired) electrons. The molecule has 1 aromatic heterocycles. The van der Waals surface area contributed by atoms with Crippen LogP contribution >= 0.6 is 0 Å². The summed E-state index contributed by atoms with van der Waals surface area (Å²) >= 11 is 0. The van der Waals surface area contributed by atoms with Gasteiger partial charge in [0.1, 0.15) is 0 Å². The van der Waals surface area contributed by atoms with E-state index in [4.69, 9.17) is 9.47 Å². The van der Waals surface area contributed by atoms with Gasteiger partial charge in [0.05, 0.1) is 25.4 Å². The zero-order valence-electron chi connectivity index (χ0n) is 16.1. The molecule has 0 bridgehead atoms. The first-order chi connectivity index (χ1) is 12.4. The molecule has 0 saturated carbocycles. The van der Waals surface area contributed by atoms with Gasteiger partial charge in [0, 0.05) is 24.4 Å². The number of aromatic amines is 1. The van der Waals surface area contributed by atoms with Gasteiger partial charge in [-0.05, 0) is 46.1 Å². The lowest BCUT2D eigenvalue weighted by atomic mass is 10.0. The molecule has 2 heterocycles. The highest BCUT2D eigenvalue weighted by molar-refractivity contribution is 5.76. The van der Waals surface area contributed by atoms with Crippen molar-refractivity contribution in [3.8, 4) is 0 Å². The molecule has 1 aliphatic rings. The fraction of sp³-hybridized carbons (Fsp3) is 0.632. The Bertz CT molecular complexity index is 681. The number of nitrogens with one attached hydrogen (secondary N) is 2. The molecule has 2 N–H and O–H groups in total. The van der Waals surface area contributed by atoms with E-state index in [0.29, 0.717) is 38.4 Å². The van der Waals surface area contributed by atoms with E-state index in [-0.39, 0.29) is 23.7 Å². The van der Waals surface area contributed by atoms with E-state index in [1.54, 1.807) is 6.92 Å². The summed E-state index contributed by atoms with van der Waals surface area (Å²) in [5, 5.41) is 3.03. The summed E-state index contributed by atoms with van der Waals surface area (Å²) in [5.41, 5.74) is 3.19. The molecule has 2 atom stereocenters. The summed E-state index contributed by atoms with van der Waals surface area (Å²) in [4.78, 5) is 30.3. The number of aryl methyl sites for hydroxylation is 2. The summed E-state index contributed by atoms with van der Waals surface area (Å²) in [6.45, 7) is 9.32. The molecule has 1 fully saturated rings. The predicted molar refractivity (Wildman–Crippen MR) is 99.2 cm³/mol. The summed E-state index contributed by atoms with van der Waals surface area (Å²) in [7, 11) is 0. The minimum Gasteiger partial charge on any atom is -0.379 e. The molecule has 1 aromatic rings. The van der Waals surface area contributed by atoms with Crippen molar-refractivity contribution in [1.82, 2.24) is 15.3 Å². The lowest BCUT2D eigenvalue weighted by Crippen LogP contribution is -2.50. The van der Waals surface area contributed by atoms with Gasteiger partial charge in [-0.2, -0.15) is 4.98 Å². The van der Waals surface area contributed by atoms with E-state index >= 15 is 0 Å². The fourth-order valence-electron chi connectivity index (χ4n) is 3.03. The van der Waals surface area contributed by atoms with Gasteiger partial charge < -0.3 is 19.8 Å². The normalized spacial score (nSPS) is 19.8. The Kier molecular flexibility index (Phi) is 7.53. The van der Waals surface area contributed by atoms with Crippen molar-refractivity contribution in [1.29, 1.82) is 0 Å². The van der Waals surface area contributed by atoms with Gasteiger partial charge in [-0.3, -0.25) is 4.79 Å². The van der Waals surface area contributed by atoms with Crippen molar-refractivity contribution < 1.29 is 14.3 Å². The van der Waals surface area contributed by atoms with Gasteiger partial charge >= 0.3 is 5.69 Å². The zero-order valence-corrected chi connectivity index (χ0v) is 16.1. The molecule has 1 amide bonds. The number of nitrogens with zero attached hydrogens (tertiary/aromatic N) is 1. The standard InChI is InChI=1S/C19H29N3O4/c1-12(2)7-10-26-17-8-9-25-11-16(17)22-18(23)6-5-15-13(3)20-19(24)21-14(15)4/h7,16-17H,5-6,8-11H2,1-4H3,(H,22,23)(H,20,21,24)/t16-,17+/m0/s1.